The standard InChI is InChI=1S/C20H17N3OS/c1-22(17-10-6-3-7-11-17)13-16-12-19(24)23-18(14-25-20(23)21-16)15-8-4-2-5-9-15/h2-12,14H,13H2,1H3. The fraction of sp³-hybridized carbons (Fsp3) is 0.100. The molecule has 0 saturated carbocycles. The van der Waals surface area contributed by atoms with Crippen molar-refractivity contribution in [2.45, 2.75) is 6.54 Å². The maximum absolute atomic E-state index is 12.7. The van der Waals surface area contributed by atoms with Crippen LogP contribution in [0.4, 0.5) is 5.69 Å². The SMILES string of the molecule is CN(Cc1cc(=O)n2c(-c3ccccc3)csc2n1)c1ccccc1. The van der Waals surface area contributed by atoms with Crippen molar-refractivity contribution in [1.82, 2.24) is 9.38 Å². The predicted octanol–water partition coefficient (Wildman–Crippen LogP) is 4.06. The largest absolute Gasteiger partial charge is 0.369 e. The van der Waals surface area contributed by atoms with Crippen molar-refractivity contribution in [3.63, 3.8) is 0 Å². The topological polar surface area (TPSA) is 37.6 Å². The Morgan fingerprint density at radius 2 is 1.72 bits per heavy atom. The molecule has 124 valence electrons. The number of hydrogen-bond donors (Lipinski definition) is 0. The molecule has 0 aliphatic rings. The Morgan fingerprint density at radius 1 is 1.04 bits per heavy atom. The van der Waals surface area contributed by atoms with E-state index >= 15 is 0 Å². The first-order valence-corrected chi connectivity index (χ1v) is 8.92. The highest BCUT2D eigenvalue weighted by molar-refractivity contribution is 7.15. The molecule has 0 radical (unpaired) electrons. The Hall–Kier alpha value is -2.92. The van der Waals surface area contributed by atoms with E-state index in [4.69, 9.17) is 0 Å². The number of hydrogen-bond acceptors (Lipinski definition) is 4. The lowest BCUT2D eigenvalue weighted by atomic mass is 10.2. The van der Waals surface area contributed by atoms with Gasteiger partial charge in [0.2, 0.25) is 0 Å². The second-order valence-corrected chi connectivity index (χ2v) is 6.72. The van der Waals surface area contributed by atoms with Crippen LogP contribution in [0.1, 0.15) is 5.69 Å². The third kappa shape index (κ3) is 3.06. The maximum atomic E-state index is 12.7. The van der Waals surface area contributed by atoms with E-state index in [0.29, 0.717) is 6.54 Å². The molecule has 0 N–H and O–H groups in total. The molecule has 0 aliphatic heterocycles. The number of fused-ring (bicyclic) bond motifs is 1. The zero-order chi connectivity index (χ0) is 17.2. The summed E-state index contributed by atoms with van der Waals surface area (Å²) in [5.41, 5.74) is 3.74. The molecular weight excluding hydrogens is 330 g/mol. The molecular formula is C20H17N3OS. The Bertz CT molecular complexity index is 1050. The number of nitrogens with zero attached hydrogens (tertiary/aromatic N) is 3. The van der Waals surface area contributed by atoms with Gasteiger partial charge >= 0.3 is 0 Å². The van der Waals surface area contributed by atoms with Crippen LogP contribution in [-0.4, -0.2) is 16.4 Å². The van der Waals surface area contributed by atoms with E-state index in [0.717, 1.165) is 27.6 Å². The predicted molar refractivity (Wildman–Crippen MR) is 103 cm³/mol. The molecule has 2 aromatic carbocycles. The summed E-state index contributed by atoms with van der Waals surface area (Å²) in [6, 6.07) is 21.6. The van der Waals surface area contributed by atoms with Gasteiger partial charge in [-0.15, -0.1) is 11.3 Å². The summed E-state index contributed by atoms with van der Waals surface area (Å²) in [5.74, 6) is 0. The summed E-state index contributed by atoms with van der Waals surface area (Å²) in [5, 5.41) is 1.99. The van der Waals surface area contributed by atoms with Gasteiger partial charge in [-0.3, -0.25) is 9.20 Å². The first-order chi connectivity index (χ1) is 12.2. The average molecular weight is 347 g/mol. The number of anilines is 1. The molecule has 2 aromatic heterocycles. The fourth-order valence-electron chi connectivity index (χ4n) is 2.87. The fourth-order valence-corrected chi connectivity index (χ4v) is 3.79. The monoisotopic (exact) mass is 347 g/mol. The highest BCUT2D eigenvalue weighted by Gasteiger charge is 2.11. The Kier molecular flexibility index (Phi) is 4.07. The minimum atomic E-state index is -0.0402. The van der Waals surface area contributed by atoms with E-state index in [1.165, 1.54) is 11.3 Å². The summed E-state index contributed by atoms with van der Waals surface area (Å²) in [4.78, 5) is 20.2. The molecule has 4 aromatic rings. The maximum Gasteiger partial charge on any atom is 0.259 e. The molecule has 4 nitrogen and oxygen atoms in total. The average Bonchev–Trinajstić information content (AvgIpc) is 3.08. The lowest BCUT2D eigenvalue weighted by molar-refractivity contribution is 0.876. The molecule has 0 atom stereocenters. The Labute approximate surface area is 149 Å². The van der Waals surface area contributed by atoms with Crippen molar-refractivity contribution in [2.24, 2.45) is 0 Å². The highest BCUT2D eigenvalue weighted by atomic mass is 32.1. The van der Waals surface area contributed by atoms with E-state index in [1.54, 1.807) is 10.5 Å². The van der Waals surface area contributed by atoms with Crippen LogP contribution in [0.2, 0.25) is 0 Å². The van der Waals surface area contributed by atoms with Crippen LogP contribution in [0.25, 0.3) is 16.2 Å². The first kappa shape index (κ1) is 15.6. The molecule has 0 aliphatic carbocycles. The van der Waals surface area contributed by atoms with Gasteiger partial charge in [0.1, 0.15) is 0 Å². The molecule has 5 heteroatoms. The van der Waals surface area contributed by atoms with Gasteiger partial charge in [-0.2, -0.15) is 0 Å². The van der Waals surface area contributed by atoms with Crippen LogP contribution >= 0.6 is 11.3 Å². The van der Waals surface area contributed by atoms with Crippen molar-refractivity contribution in [3.05, 3.63) is 88.2 Å². The van der Waals surface area contributed by atoms with Gasteiger partial charge in [0.05, 0.1) is 17.9 Å². The second-order valence-electron chi connectivity index (χ2n) is 5.88. The zero-order valence-corrected chi connectivity index (χ0v) is 14.6. The molecule has 25 heavy (non-hydrogen) atoms. The minimum absolute atomic E-state index is 0.0402. The van der Waals surface area contributed by atoms with Gasteiger partial charge in [0, 0.05) is 24.2 Å². The number of aromatic nitrogens is 2. The van der Waals surface area contributed by atoms with Crippen molar-refractivity contribution < 1.29 is 0 Å². The summed E-state index contributed by atoms with van der Waals surface area (Å²) >= 11 is 1.49. The van der Waals surface area contributed by atoms with E-state index in [2.05, 4.69) is 9.88 Å². The third-order valence-corrected chi connectivity index (χ3v) is 4.95. The minimum Gasteiger partial charge on any atom is -0.369 e. The molecule has 2 heterocycles. The van der Waals surface area contributed by atoms with Crippen molar-refractivity contribution >= 4 is 22.0 Å². The zero-order valence-electron chi connectivity index (χ0n) is 13.8. The first-order valence-electron chi connectivity index (χ1n) is 8.04. The quantitative estimate of drug-likeness (QED) is 0.559. The van der Waals surface area contributed by atoms with Crippen LogP contribution in [-0.2, 0) is 6.54 Å². The number of para-hydroxylation sites is 1. The summed E-state index contributed by atoms with van der Waals surface area (Å²) < 4.78 is 1.69. The van der Waals surface area contributed by atoms with Crippen LogP contribution in [0, 0.1) is 0 Å². The van der Waals surface area contributed by atoms with Gasteiger partial charge in [-0.05, 0) is 17.7 Å². The van der Waals surface area contributed by atoms with E-state index in [9.17, 15) is 4.79 Å². The van der Waals surface area contributed by atoms with Gasteiger partial charge in [0.15, 0.2) is 4.96 Å². The Balaban J connectivity index is 1.71. The van der Waals surface area contributed by atoms with Gasteiger partial charge < -0.3 is 4.90 Å². The lowest BCUT2D eigenvalue weighted by Crippen LogP contribution is -2.21. The molecule has 4 rings (SSSR count). The van der Waals surface area contributed by atoms with Gasteiger partial charge in [-0.25, -0.2) is 4.98 Å². The van der Waals surface area contributed by atoms with Gasteiger partial charge in [-0.1, -0.05) is 48.5 Å². The van der Waals surface area contributed by atoms with Crippen molar-refractivity contribution in [2.75, 3.05) is 11.9 Å². The number of rotatable bonds is 4. The molecule has 0 fully saturated rings. The second kappa shape index (κ2) is 6.53. The smallest absolute Gasteiger partial charge is 0.259 e. The van der Waals surface area contributed by atoms with E-state index < -0.39 is 0 Å². The van der Waals surface area contributed by atoms with E-state index in [1.807, 2.05) is 73.1 Å². The molecule has 0 unspecified atom stereocenters. The molecule has 0 bridgehead atoms. The molecule has 0 spiro atoms. The van der Waals surface area contributed by atoms with Crippen molar-refractivity contribution in [1.29, 1.82) is 0 Å². The normalized spacial score (nSPS) is 10.9. The highest BCUT2D eigenvalue weighted by Crippen LogP contribution is 2.24. The number of benzene rings is 2. The summed E-state index contributed by atoms with van der Waals surface area (Å²) in [6.07, 6.45) is 0. The Morgan fingerprint density at radius 3 is 2.44 bits per heavy atom. The third-order valence-electron chi connectivity index (χ3n) is 4.12. The van der Waals surface area contributed by atoms with Crippen LogP contribution in [0.3, 0.4) is 0 Å². The molecule has 0 amide bonds. The van der Waals surface area contributed by atoms with Crippen molar-refractivity contribution in [3.8, 4) is 11.3 Å². The summed E-state index contributed by atoms with van der Waals surface area (Å²) in [6.45, 7) is 0.592. The van der Waals surface area contributed by atoms with Crippen LogP contribution in [0.5, 0.6) is 0 Å². The van der Waals surface area contributed by atoms with E-state index in [-0.39, 0.29) is 5.56 Å². The number of thiazole rings is 1. The molecule has 0 saturated heterocycles. The van der Waals surface area contributed by atoms with Crippen LogP contribution in [0.15, 0.2) is 76.9 Å². The lowest BCUT2D eigenvalue weighted by Gasteiger charge is -2.18. The summed E-state index contributed by atoms with van der Waals surface area (Å²) in [7, 11) is 2.00. The van der Waals surface area contributed by atoms with Gasteiger partial charge in [0.25, 0.3) is 5.56 Å². The van der Waals surface area contributed by atoms with Crippen LogP contribution < -0.4 is 10.5 Å².